The molecule has 5 heteroatoms. The van der Waals surface area contributed by atoms with Crippen LogP contribution in [0, 0.1) is 0 Å². The Balaban J connectivity index is 1.96. The summed E-state index contributed by atoms with van der Waals surface area (Å²) < 4.78 is 10.6. The van der Waals surface area contributed by atoms with E-state index in [1.165, 1.54) is 6.42 Å². The van der Waals surface area contributed by atoms with E-state index in [-0.39, 0.29) is 11.6 Å². The molecule has 2 N–H and O–H groups in total. The molecule has 0 amide bonds. The molecule has 1 unspecified atom stereocenters. The molecule has 1 heterocycles. The van der Waals surface area contributed by atoms with Crippen LogP contribution in [0.3, 0.4) is 0 Å². The fourth-order valence-electron chi connectivity index (χ4n) is 1.94. The monoisotopic (exact) mass is 225 g/mol. The Hall–Kier alpha value is -0.940. The first-order chi connectivity index (χ1) is 7.63. The molecular formula is C11H19N3O2. The Kier molecular flexibility index (Phi) is 3.25. The van der Waals surface area contributed by atoms with E-state index in [0.29, 0.717) is 24.7 Å². The van der Waals surface area contributed by atoms with Gasteiger partial charge in [0.25, 0.3) is 0 Å². The molecule has 5 nitrogen and oxygen atoms in total. The molecule has 1 atom stereocenters. The fraction of sp³-hybridized carbons (Fsp3) is 0.818. The van der Waals surface area contributed by atoms with Gasteiger partial charge >= 0.3 is 0 Å². The standard InChI is InChI=1S/C11H19N3O2/c1-3-15-8(2)10-13-9(16-14-10)7-11(12)5-4-6-11/h8H,3-7,12H2,1-2H3. The van der Waals surface area contributed by atoms with Crippen LogP contribution >= 0.6 is 0 Å². The second-order valence-corrected chi connectivity index (χ2v) is 4.54. The van der Waals surface area contributed by atoms with E-state index >= 15 is 0 Å². The summed E-state index contributed by atoms with van der Waals surface area (Å²) in [6, 6.07) is 0. The van der Waals surface area contributed by atoms with E-state index in [1.807, 2.05) is 13.8 Å². The van der Waals surface area contributed by atoms with Crippen molar-refractivity contribution in [2.75, 3.05) is 6.61 Å². The maximum Gasteiger partial charge on any atom is 0.228 e. The van der Waals surface area contributed by atoms with E-state index in [2.05, 4.69) is 10.1 Å². The zero-order valence-electron chi connectivity index (χ0n) is 9.90. The zero-order valence-corrected chi connectivity index (χ0v) is 9.90. The van der Waals surface area contributed by atoms with Crippen LogP contribution in [0.25, 0.3) is 0 Å². The Morgan fingerprint density at radius 1 is 1.56 bits per heavy atom. The SMILES string of the molecule is CCOC(C)c1noc(CC2(N)CCC2)n1. The van der Waals surface area contributed by atoms with E-state index in [4.69, 9.17) is 15.0 Å². The normalized spacial score (nSPS) is 20.4. The average Bonchev–Trinajstić information content (AvgIpc) is 2.64. The predicted octanol–water partition coefficient (Wildman–Crippen LogP) is 1.59. The van der Waals surface area contributed by atoms with Crippen LogP contribution in [0.5, 0.6) is 0 Å². The van der Waals surface area contributed by atoms with Gasteiger partial charge in [-0.1, -0.05) is 5.16 Å². The lowest BCUT2D eigenvalue weighted by molar-refractivity contribution is 0.0683. The minimum absolute atomic E-state index is 0.112. The highest BCUT2D eigenvalue weighted by Gasteiger charge is 2.34. The summed E-state index contributed by atoms with van der Waals surface area (Å²) in [6.07, 6.45) is 3.86. The molecule has 1 aliphatic carbocycles. The van der Waals surface area contributed by atoms with Crippen molar-refractivity contribution in [2.45, 2.75) is 51.2 Å². The molecule has 90 valence electrons. The van der Waals surface area contributed by atoms with Crippen LogP contribution in [0.15, 0.2) is 4.52 Å². The number of hydrogen-bond donors (Lipinski definition) is 1. The average molecular weight is 225 g/mol. The van der Waals surface area contributed by atoms with Crippen LogP contribution in [-0.2, 0) is 11.2 Å². The van der Waals surface area contributed by atoms with Gasteiger partial charge in [-0.05, 0) is 33.1 Å². The van der Waals surface area contributed by atoms with Crippen molar-refractivity contribution in [2.24, 2.45) is 5.73 Å². The third-order valence-corrected chi connectivity index (χ3v) is 3.12. The molecule has 1 aromatic rings. The third-order valence-electron chi connectivity index (χ3n) is 3.12. The zero-order chi connectivity index (χ0) is 11.6. The van der Waals surface area contributed by atoms with E-state index < -0.39 is 0 Å². The van der Waals surface area contributed by atoms with Gasteiger partial charge in [0, 0.05) is 18.6 Å². The van der Waals surface area contributed by atoms with Crippen molar-refractivity contribution >= 4 is 0 Å². The lowest BCUT2D eigenvalue weighted by Gasteiger charge is -2.36. The first-order valence-corrected chi connectivity index (χ1v) is 5.86. The number of nitrogens with zero attached hydrogens (tertiary/aromatic N) is 2. The van der Waals surface area contributed by atoms with Gasteiger partial charge in [-0.2, -0.15) is 4.98 Å². The van der Waals surface area contributed by atoms with Gasteiger partial charge in [0.05, 0.1) is 0 Å². The molecule has 0 aromatic carbocycles. The Morgan fingerprint density at radius 2 is 2.31 bits per heavy atom. The summed E-state index contributed by atoms with van der Waals surface area (Å²) in [6.45, 7) is 4.51. The quantitative estimate of drug-likeness (QED) is 0.823. The Morgan fingerprint density at radius 3 is 2.88 bits per heavy atom. The van der Waals surface area contributed by atoms with E-state index in [9.17, 15) is 0 Å². The molecule has 1 saturated carbocycles. The molecule has 16 heavy (non-hydrogen) atoms. The van der Waals surface area contributed by atoms with Crippen molar-refractivity contribution < 1.29 is 9.26 Å². The fourth-order valence-corrected chi connectivity index (χ4v) is 1.94. The largest absolute Gasteiger partial charge is 0.371 e. The van der Waals surface area contributed by atoms with Crippen molar-refractivity contribution in [1.29, 1.82) is 0 Å². The Labute approximate surface area is 95.3 Å². The summed E-state index contributed by atoms with van der Waals surface area (Å²) >= 11 is 0. The minimum Gasteiger partial charge on any atom is -0.371 e. The molecule has 2 rings (SSSR count). The van der Waals surface area contributed by atoms with Gasteiger partial charge in [0.2, 0.25) is 5.89 Å². The van der Waals surface area contributed by atoms with Crippen LogP contribution in [0.4, 0.5) is 0 Å². The third kappa shape index (κ3) is 2.41. The Bertz CT molecular complexity index is 347. The van der Waals surface area contributed by atoms with Gasteiger partial charge in [0.15, 0.2) is 5.82 Å². The number of nitrogens with two attached hydrogens (primary N) is 1. The van der Waals surface area contributed by atoms with E-state index in [0.717, 1.165) is 12.8 Å². The number of hydrogen-bond acceptors (Lipinski definition) is 5. The van der Waals surface area contributed by atoms with Crippen molar-refractivity contribution in [3.63, 3.8) is 0 Å². The first-order valence-electron chi connectivity index (χ1n) is 5.86. The minimum atomic E-state index is -0.113. The van der Waals surface area contributed by atoms with Gasteiger partial charge in [0.1, 0.15) is 6.10 Å². The lowest BCUT2D eigenvalue weighted by atomic mass is 9.75. The highest BCUT2D eigenvalue weighted by molar-refractivity contribution is 5.01. The summed E-state index contributed by atoms with van der Waals surface area (Å²) in [5, 5.41) is 3.91. The molecular weight excluding hydrogens is 206 g/mol. The smallest absolute Gasteiger partial charge is 0.228 e. The van der Waals surface area contributed by atoms with Crippen LogP contribution in [-0.4, -0.2) is 22.3 Å². The van der Waals surface area contributed by atoms with Gasteiger partial charge < -0.3 is 15.0 Å². The van der Waals surface area contributed by atoms with Crippen LogP contribution in [0.1, 0.15) is 50.9 Å². The van der Waals surface area contributed by atoms with Crippen LogP contribution in [0.2, 0.25) is 0 Å². The summed E-state index contributed by atoms with van der Waals surface area (Å²) in [4.78, 5) is 4.31. The van der Waals surface area contributed by atoms with Crippen molar-refractivity contribution in [1.82, 2.24) is 10.1 Å². The summed E-state index contributed by atoms with van der Waals surface area (Å²) in [5.41, 5.74) is 6.01. The number of aromatic nitrogens is 2. The topological polar surface area (TPSA) is 74.2 Å². The molecule has 1 aliphatic rings. The highest BCUT2D eigenvalue weighted by atomic mass is 16.5. The van der Waals surface area contributed by atoms with Crippen LogP contribution < -0.4 is 5.73 Å². The maximum atomic E-state index is 6.12. The van der Waals surface area contributed by atoms with Gasteiger partial charge in [-0.3, -0.25) is 0 Å². The number of rotatable bonds is 5. The maximum absolute atomic E-state index is 6.12. The highest BCUT2D eigenvalue weighted by Crippen LogP contribution is 2.32. The summed E-state index contributed by atoms with van der Waals surface area (Å²) in [5.74, 6) is 1.24. The van der Waals surface area contributed by atoms with E-state index in [1.54, 1.807) is 0 Å². The predicted molar refractivity (Wildman–Crippen MR) is 58.8 cm³/mol. The molecule has 0 aliphatic heterocycles. The summed E-state index contributed by atoms with van der Waals surface area (Å²) in [7, 11) is 0. The van der Waals surface area contributed by atoms with Crippen molar-refractivity contribution in [3.8, 4) is 0 Å². The van der Waals surface area contributed by atoms with Gasteiger partial charge in [-0.15, -0.1) is 0 Å². The van der Waals surface area contributed by atoms with Crippen molar-refractivity contribution in [3.05, 3.63) is 11.7 Å². The second-order valence-electron chi connectivity index (χ2n) is 4.54. The lowest BCUT2D eigenvalue weighted by Crippen LogP contribution is -2.48. The molecule has 0 saturated heterocycles. The molecule has 1 aromatic heterocycles. The molecule has 0 spiro atoms. The molecule has 0 radical (unpaired) electrons. The second kappa shape index (κ2) is 4.51. The number of ether oxygens (including phenoxy) is 1. The molecule has 1 fully saturated rings. The van der Waals surface area contributed by atoms with Gasteiger partial charge in [-0.25, -0.2) is 0 Å². The molecule has 0 bridgehead atoms. The first kappa shape index (κ1) is 11.5.